The fraction of sp³-hybridized carbons (Fsp3) is 0.300. The summed E-state index contributed by atoms with van der Waals surface area (Å²) < 4.78 is 37.8. The lowest BCUT2D eigenvalue weighted by Gasteiger charge is -2.25. The van der Waals surface area contributed by atoms with E-state index in [-0.39, 0.29) is 4.90 Å². The van der Waals surface area contributed by atoms with Gasteiger partial charge in [0, 0.05) is 30.6 Å². The van der Waals surface area contributed by atoms with Gasteiger partial charge in [-0.1, -0.05) is 30.0 Å². The summed E-state index contributed by atoms with van der Waals surface area (Å²) in [5, 5.41) is 0.731. The molecule has 4 rings (SSSR count). The zero-order chi connectivity index (χ0) is 20.3. The highest BCUT2D eigenvalue weighted by Gasteiger charge is 2.26. The first kappa shape index (κ1) is 20.1. The van der Waals surface area contributed by atoms with Crippen LogP contribution in [0.5, 0.6) is 0 Å². The molecule has 1 fully saturated rings. The van der Waals surface area contributed by atoms with Crippen molar-refractivity contribution in [1.82, 2.24) is 14.3 Å². The van der Waals surface area contributed by atoms with Crippen LogP contribution in [0.2, 0.25) is 0 Å². The monoisotopic (exact) mass is 431 g/mol. The second-order valence-electron chi connectivity index (χ2n) is 6.53. The van der Waals surface area contributed by atoms with Crippen LogP contribution >= 0.6 is 11.8 Å². The van der Waals surface area contributed by atoms with E-state index < -0.39 is 10.0 Å². The van der Waals surface area contributed by atoms with Crippen LogP contribution in [0.1, 0.15) is 11.5 Å². The van der Waals surface area contributed by atoms with E-state index in [2.05, 4.69) is 9.97 Å². The lowest BCUT2D eigenvalue weighted by atomic mass is 10.2. The highest BCUT2D eigenvalue weighted by Crippen LogP contribution is 2.27. The van der Waals surface area contributed by atoms with Crippen LogP contribution in [-0.4, -0.2) is 49.0 Å². The topological polar surface area (TPSA) is 85.5 Å². The van der Waals surface area contributed by atoms with E-state index in [9.17, 15) is 8.42 Å². The molecule has 0 aliphatic carbocycles. The molecule has 0 spiro atoms. The minimum absolute atomic E-state index is 0.202. The van der Waals surface area contributed by atoms with E-state index in [1.165, 1.54) is 22.3 Å². The van der Waals surface area contributed by atoms with E-state index in [0.29, 0.717) is 37.9 Å². The van der Waals surface area contributed by atoms with Crippen molar-refractivity contribution in [3.63, 3.8) is 0 Å². The minimum atomic E-state index is -3.53. The van der Waals surface area contributed by atoms with Crippen LogP contribution in [0.3, 0.4) is 0 Å². The standard InChI is InChI=1S/C20H21N3O4S2/c1-15-18(22-20(27-15)16-5-3-2-4-6-16)14-28-19-8-7-17(13-21-19)29(24,25)23-9-11-26-12-10-23/h2-8,13H,9-12,14H2,1H3. The maximum absolute atomic E-state index is 12.7. The first-order chi connectivity index (χ1) is 14.0. The second kappa shape index (κ2) is 8.66. The molecule has 0 atom stereocenters. The number of thioether (sulfide) groups is 1. The molecule has 0 bridgehead atoms. The molecule has 3 heterocycles. The van der Waals surface area contributed by atoms with Gasteiger partial charge in [0.2, 0.25) is 15.9 Å². The summed E-state index contributed by atoms with van der Waals surface area (Å²) in [6.45, 7) is 3.47. The summed E-state index contributed by atoms with van der Waals surface area (Å²) in [6, 6.07) is 13.1. The van der Waals surface area contributed by atoms with Gasteiger partial charge in [0.05, 0.1) is 23.9 Å². The van der Waals surface area contributed by atoms with Crippen LogP contribution in [0.4, 0.5) is 0 Å². The number of hydrogen-bond acceptors (Lipinski definition) is 7. The van der Waals surface area contributed by atoms with E-state index in [0.717, 1.165) is 22.0 Å². The van der Waals surface area contributed by atoms with Crippen molar-refractivity contribution in [2.75, 3.05) is 26.3 Å². The van der Waals surface area contributed by atoms with E-state index in [4.69, 9.17) is 9.15 Å². The van der Waals surface area contributed by atoms with Gasteiger partial charge < -0.3 is 9.15 Å². The van der Waals surface area contributed by atoms with Crippen molar-refractivity contribution in [1.29, 1.82) is 0 Å². The predicted octanol–water partition coefficient (Wildman–Crippen LogP) is 3.36. The number of aryl methyl sites for hydroxylation is 1. The molecule has 0 radical (unpaired) electrons. The summed E-state index contributed by atoms with van der Waals surface area (Å²) >= 11 is 1.49. The maximum atomic E-state index is 12.7. The van der Waals surface area contributed by atoms with Gasteiger partial charge in [0.25, 0.3) is 0 Å². The van der Waals surface area contributed by atoms with E-state index in [1.54, 1.807) is 12.1 Å². The molecule has 1 aliphatic heterocycles. The quantitative estimate of drug-likeness (QED) is 0.553. The lowest BCUT2D eigenvalue weighted by molar-refractivity contribution is 0.0730. The number of oxazole rings is 1. The van der Waals surface area contributed by atoms with Crippen molar-refractivity contribution >= 4 is 21.8 Å². The van der Waals surface area contributed by atoms with Gasteiger partial charge in [-0.15, -0.1) is 0 Å². The molecule has 0 N–H and O–H groups in total. The normalized spacial score (nSPS) is 15.5. The van der Waals surface area contributed by atoms with Gasteiger partial charge in [-0.3, -0.25) is 0 Å². The molecule has 29 heavy (non-hydrogen) atoms. The number of benzene rings is 1. The Balaban J connectivity index is 1.43. The number of pyridine rings is 1. The molecule has 1 aliphatic rings. The van der Waals surface area contributed by atoms with Crippen LogP contribution in [0.25, 0.3) is 11.5 Å². The zero-order valence-corrected chi connectivity index (χ0v) is 17.6. The predicted molar refractivity (Wildman–Crippen MR) is 110 cm³/mol. The summed E-state index contributed by atoms with van der Waals surface area (Å²) in [4.78, 5) is 9.10. The Bertz CT molecular complexity index is 1060. The minimum Gasteiger partial charge on any atom is -0.441 e. The maximum Gasteiger partial charge on any atom is 0.244 e. The third-order valence-corrected chi connectivity index (χ3v) is 7.42. The van der Waals surface area contributed by atoms with Crippen LogP contribution in [0.15, 0.2) is 63.0 Å². The number of aromatic nitrogens is 2. The van der Waals surface area contributed by atoms with Gasteiger partial charge in [-0.05, 0) is 31.2 Å². The van der Waals surface area contributed by atoms with Gasteiger partial charge in [0.1, 0.15) is 10.7 Å². The average Bonchev–Trinajstić information content (AvgIpc) is 3.14. The summed E-state index contributed by atoms with van der Waals surface area (Å²) in [7, 11) is -3.53. The van der Waals surface area contributed by atoms with Crippen LogP contribution in [-0.2, 0) is 20.5 Å². The largest absolute Gasteiger partial charge is 0.441 e. The van der Waals surface area contributed by atoms with Gasteiger partial charge in [-0.25, -0.2) is 18.4 Å². The summed E-state index contributed by atoms with van der Waals surface area (Å²) in [6.07, 6.45) is 1.41. The highest BCUT2D eigenvalue weighted by molar-refractivity contribution is 7.98. The number of nitrogens with zero attached hydrogens (tertiary/aromatic N) is 3. The molecule has 3 aromatic rings. The van der Waals surface area contributed by atoms with Crippen molar-refractivity contribution in [2.45, 2.75) is 22.6 Å². The number of hydrogen-bond donors (Lipinski definition) is 0. The molecule has 0 unspecified atom stereocenters. The fourth-order valence-electron chi connectivity index (χ4n) is 2.95. The third-order valence-electron chi connectivity index (χ3n) is 4.59. The number of morpholine rings is 1. The molecule has 0 saturated carbocycles. The van der Waals surface area contributed by atoms with E-state index >= 15 is 0 Å². The highest BCUT2D eigenvalue weighted by atomic mass is 32.2. The van der Waals surface area contributed by atoms with E-state index in [1.807, 2.05) is 37.3 Å². The van der Waals surface area contributed by atoms with Gasteiger partial charge in [0.15, 0.2) is 0 Å². The smallest absolute Gasteiger partial charge is 0.244 e. The Labute approximate surface area is 174 Å². The number of sulfonamides is 1. The van der Waals surface area contributed by atoms with Crippen molar-refractivity contribution in [2.24, 2.45) is 0 Å². The summed E-state index contributed by atoms with van der Waals surface area (Å²) in [5.74, 6) is 1.95. The second-order valence-corrected chi connectivity index (χ2v) is 9.46. The molecule has 0 amide bonds. The van der Waals surface area contributed by atoms with Crippen LogP contribution < -0.4 is 0 Å². The Morgan fingerprint density at radius 2 is 1.86 bits per heavy atom. The first-order valence-electron chi connectivity index (χ1n) is 9.22. The number of ether oxygens (including phenoxy) is 1. The molecular weight excluding hydrogens is 410 g/mol. The fourth-order valence-corrected chi connectivity index (χ4v) is 5.15. The zero-order valence-electron chi connectivity index (χ0n) is 15.9. The average molecular weight is 432 g/mol. The Kier molecular flexibility index (Phi) is 6.00. The Hall–Kier alpha value is -2.20. The Morgan fingerprint density at radius 3 is 2.55 bits per heavy atom. The lowest BCUT2D eigenvalue weighted by Crippen LogP contribution is -2.40. The summed E-state index contributed by atoms with van der Waals surface area (Å²) in [5.41, 5.74) is 1.78. The Morgan fingerprint density at radius 1 is 1.10 bits per heavy atom. The van der Waals surface area contributed by atoms with Crippen molar-refractivity contribution in [3.05, 3.63) is 60.1 Å². The van der Waals surface area contributed by atoms with Gasteiger partial charge in [-0.2, -0.15) is 4.31 Å². The van der Waals surface area contributed by atoms with Crippen molar-refractivity contribution < 1.29 is 17.6 Å². The van der Waals surface area contributed by atoms with Gasteiger partial charge >= 0.3 is 0 Å². The van der Waals surface area contributed by atoms with Crippen molar-refractivity contribution in [3.8, 4) is 11.5 Å². The number of rotatable bonds is 6. The van der Waals surface area contributed by atoms with Crippen LogP contribution in [0, 0.1) is 6.92 Å². The first-order valence-corrected chi connectivity index (χ1v) is 11.6. The third kappa shape index (κ3) is 4.53. The molecular formula is C20H21N3O4S2. The molecule has 1 aromatic carbocycles. The molecule has 152 valence electrons. The molecule has 2 aromatic heterocycles. The molecule has 9 heteroatoms. The SMILES string of the molecule is Cc1oc(-c2ccccc2)nc1CSc1ccc(S(=O)(=O)N2CCOCC2)cn1. The molecule has 1 saturated heterocycles. The molecule has 7 nitrogen and oxygen atoms in total.